The number of nitrogens with one attached hydrogen (secondary N) is 1. The van der Waals surface area contributed by atoms with Crippen LogP contribution in [0.5, 0.6) is 5.75 Å². The molecule has 1 amide bonds. The Morgan fingerprint density at radius 1 is 1.06 bits per heavy atom. The maximum absolute atomic E-state index is 13.4. The summed E-state index contributed by atoms with van der Waals surface area (Å²) < 4.78 is 30.3. The van der Waals surface area contributed by atoms with Crippen LogP contribution < -0.4 is 10.1 Å². The number of halogens is 2. The van der Waals surface area contributed by atoms with Crippen molar-refractivity contribution in [1.29, 1.82) is 0 Å². The molecule has 2 aromatic heterocycles. The molecular weight excluding hydrogens is 469 g/mol. The van der Waals surface area contributed by atoms with Crippen LogP contribution in [-0.4, -0.2) is 25.6 Å². The number of amides is 1. The minimum absolute atomic E-state index is 0.103. The average molecular weight is 484 g/mol. The van der Waals surface area contributed by atoms with E-state index in [1.807, 2.05) is 24.3 Å². The lowest BCUT2D eigenvalue weighted by molar-refractivity contribution is -0.119. The molecule has 0 saturated heterocycles. The molecule has 5 aromatic rings. The normalized spacial score (nSPS) is 11.2. The van der Waals surface area contributed by atoms with Crippen molar-refractivity contribution in [3.63, 3.8) is 0 Å². The SMILES string of the molecule is COc1cc2c(cc1NC(=O)COC(=O)c1sc3cc(F)ccc3c1Cl)oc1ccccc12. The maximum atomic E-state index is 13.4. The summed E-state index contributed by atoms with van der Waals surface area (Å²) >= 11 is 7.24. The predicted octanol–water partition coefficient (Wildman–Crippen LogP) is 6.40. The first-order valence-corrected chi connectivity index (χ1v) is 11.0. The summed E-state index contributed by atoms with van der Waals surface area (Å²) in [6.07, 6.45) is 0. The highest BCUT2D eigenvalue weighted by atomic mass is 35.5. The molecule has 0 aliphatic carbocycles. The third-order valence-electron chi connectivity index (χ3n) is 5.08. The van der Waals surface area contributed by atoms with Gasteiger partial charge in [0, 0.05) is 26.9 Å². The zero-order valence-electron chi connectivity index (χ0n) is 17.1. The highest BCUT2D eigenvalue weighted by molar-refractivity contribution is 7.21. The van der Waals surface area contributed by atoms with E-state index in [2.05, 4.69) is 5.32 Å². The van der Waals surface area contributed by atoms with E-state index in [1.165, 1.54) is 25.3 Å². The number of esters is 1. The van der Waals surface area contributed by atoms with Crippen molar-refractivity contribution in [2.24, 2.45) is 0 Å². The first-order chi connectivity index (χ1) is 15.9. The smallest absolute Gasteiger partial charge is 0.350 e. The third-order valence-corrected chi connectivity index (χ3v) is 6.72. The van der Waals surface area contributed by atoms with Crippen molar-refractivity contribution in [2.75, 3.05) is 19.0 Å². The van der Waals surface area contributed by atoms with E-state index in [0.29, 0.717) is 32.7 Å². The number of benzene rings is 3. The van der Waals surface area contributed by atoms with E-state index in [0.717, 1.165) is 22.1 Å². The van der Waals surface area contributed by atoms with Crippen LogP contribution >= 0.6 is 22.9 Å². The number of fused-ring (bicyclic) bond motifs is 4. The number of rotatable bonds is 5. The topological polar surface area (TPSA) is 77.8 Å². The van der Waals surface area contributed by atoms with Crippen LogP contribution in [0.4, 0.5) is 10.1 Å². The molecule has 33 heavy (non-hydrogen) atoms. The average Bonchev–Trinajstić information content (AvgIpc) is 3.33. The molecule has 0 bridgehead atoms. The van der Waals surface area contributed by atoms with Gasteiger partial charge in [0.25, 0.3) is 5.91 Å². The first-order valence-electron chi connectivity index (χ1n) is 9.78. The molecule has 0 aliphatic rings. The summed E-state index contributed by atoms with van der Waals surface area (Å²) in [6, 6.07) is 15.0. The van der Waals surface area contributed by atoms with Gasteiger partial charge >= 0.3 is 5.97 Å². The molecule has 166 valence electrons. The fourth-order valence-corrected chi connectivity index (χ4v) is 5.00. The number of furan rings is 1. The highest BCUT2D eigenvalue weighted by Gasteiger charge is 2.20. The number of carbonyl (C=O) groups excluding carboxylic acids is 2. The summed E-state index contributed by atoms with van der Waals surface area (Å²) in [5.41, 5.74) is 1.67. The van der Waals surface area contributed by atoms with Gasteiger partial charge in [0.05, 0.1) is 17.8 Å². The second kappa shape index (κ2) is 8.38. The van der Waals surface area contributed by atoms with Crippen LogP contribution in [0.15, 0.2) is 59.0 Å². The van der Waals surface area contributed by atoms with Gasteiger partial charge in [0.15, 0.2) is 6.61 Å². The Kier molecular flexibility index (Phi) is 5.39. The molecule has 0 atom stereocenters. The minimum Gasteiger partial charge on any atom is -0.495 e. The number of hydrogen-bond acceptors (Lipinski definition) is 6. The van der Waals surface area contributed by atoms with Gasteiger partial charge < -0.3 is 19.2 Å². The molecule has 9 heteroatoms. The summed E-state index contributed by atoms with van der Waals surface area (Å²) in [4.78, 5) is 25.0. The minimum atomic E-state index is -0.767. The molecule has 3 aromatic carbocycles. The van der Waals surface area contributed by atoms with Crippen molar-refractivity contribution in [1.82, 2.24) is 0 Å². The van der Waals surface area contributed by atoms with Crippen LogP contribution in [0, 0.1) is 5.82 Å². The monoisotopic (exact) mass is 483 g/mol. The first kappa shape index (κ1) is 21.2. The summed E-state index contributed by atoms with van der Waals surface area (Å²) in [7, 11) is 1.49. The Hall–Kier alpha value is -3.62. The number of thiophene rings is 1. The predicted molar refractivity (Wildman–Crippen MR) is 126 cm³/mol. The van der Waals surface area contributed by atoms with E-state index < -0.39 is 24.3 Å². The van der Waals surface area contributed by atoms with Crippen molar-refractivity contribution in [3.05, 3.63) is 70.3 Å². The molecule has 6 nitrogen and oxygen atoms in total. The molecule has 0 aliphatic heterocycles. The van der Waals surface area contributed by atoms with Crippen LogP contribution in [0.3, 0.4) is 0 Å². The summed E-state index contributed by atoms with van der Waals surface area (Å²) in [6.45, 7) is -0.543. The third kappa shape index (κ3) is 3.88. The lowest BCUT2D eigenvalue weighted by atomic mass is 10.1. The van der Waals surface area contributed by atoms with E-state index in [1.54, 1.807) is 12.1 Å². The Morgan fingerprint density at radius 3 is 2.70 bits per heavy atom. The van der Waals surface area contributed by atoms with Gasteiger partial charge in [-0.15, -0.1) is 11.3 Å². The van der Waals surface area contributed by atoms with E-state index in [9.17, 15) is 14.0 Å². The summed E-state index contributed by atoms with van der Waals surface area (Å²) in [5, 5.41) is 5.16. The molecule has 2 heterocycles. The largest absolute Gasteiger partial charge is 0.495 e. The molecule has 0 fully saturated rings. The number of ether oxygens (including phenoxy) is 2. The van der Waals surface area contributed by atoms with E-state index in [-0.39, 0.29) is 9.90 Å². The lowest BCUT2D eigenvalue weighted by Gasteiger charge is -2.10. The van der Waals surface area contributed by atoms with Crippen molar-refractivity contribution in [3.8, 4) is 5.75 Å². The van der Waals surface area contributed by atoms with Gasteiger partial charge in [0.2, 0.25) is 0 Å². The van der Waals surface area contributed by atoms with Gasteiger partial charge in [-0.2, -0.15) is 0 Å². The molecule has 0 radical (unpaired) electrons. The van der Waals surface area contributed by atoms with Crippen molar-refractivity contribution >= 4 is 72.5 Å². The molecular formula is C24H15ClFNO5S. The van der Waals surface area contributed by atoms with Gasteiger partial charge in [-0.3, -0.25) is 4.79 Å². The highest BCUT2D eigenvalue weighted by Crippen LogP contribution is 2.37. The van der Waals surface area contributed by atoms with Crippen LogP contribution in [0.2, 0.25) is 5.02 Å². The number of anilines is 1. The Morgan fingerprint density at radius 2 is 1.88 bits per heavy atom. The molecule has 0 unspecified atom stereocenters. The summed E-state index contributed by atoms with van der Waals surface area (Å²) in [5.74, 6) is -1.34. The second-order valence-corrected chi connectivity index (χ2v) is 8.59. The van der Waals surface area contributed by atoms with Gasteiger partial charge in [-0.05, 0) is 30.3 Å². The van der Waals surface area contributed by atoms with Gasteiger partial charge in [-0.25, -0.2) is 9.18 Å². The fourth-order valence-electron chi connectivity index (χ4n) is 3.57. The zero-order valence-corrected chi connectivity index (χ0v) is 18.7. The Labute approximate surface area is 195 Å². The quantitative estimate of drug-likeness (QED) is 0.293. The number of methoxy groups -OCH3 is 1. The Bertz CT molecular complexity index is 1560. The van der Waals surface area contributed by atoms with Crippen molar-refractivity contribution in [2.45, 2.75) is 0 Å². The van der Waals surface area contributed by atoms with Crippen LogP contribution in [0.25, 0.3) is 32.0 Å². The number of carbonyl (C=O) groups is 2. The van der Waals surface area contributed by atoms with Crippen molar-refractivity contribution < 1.29 is 27.9 Å². The van der Waals surface area contributed by atoms with Gasteiger partial charge in [-0.1, -0.05) is 29.8 Å². The standard InChI is InChI=1S/C24H15ClFNO5S/c1-30-19-9-15-13-4-2-3-5-17(13)32-18(15)10-16(19)27-21(28)11-31-24(29)23-22(25)14-7-6-12(26)8-20(14)33-23/h2-10H,11H2,1H3,(H,27,28). The maximum Gasteiger partial charge on any atom is 0.350 e. The van der Waals surface area contributed by atoms with E-state index >= 15 is 0 Å². The molecule has 5 rings (SSSR count). The van der Waals surface area contributed by atoms with Gasteiger partial charge in [0.1, 0.15) is 27.6 Å². The zero-order chi connectivity index (χ0) is 23.1. The van der Waals surface area contributed by atoms with E-state index in [4.69, 9.17) is 25.5 Å². The number of hydrogen-bond donors (Lipinski definition) is 1. The molecule has 0 saturated carbocycles. The second-order valence-electron chi connectivity index (χ2n) is 7.16. The van der Waals surface area contributed by atoms with Crippen LogP contribution in [-0.2, 0) is 9.53 Å². The lowest BCUT2D eigenvalue weighted by Crippen LogP contribution is -2.21. The van der Waals surface area contributed by atoms with Crippen LogP contribution in [0.1, 0.15) is 9.67 Å². The molecule has 1 N–H and O–H groups in total. The molecule has 0 spiro atoms. The number of para-hydroxylation sites is 1. The Balaban J connectivity index is 1.33. The fraction of sp³-hybridized carbons (Fsp3) is 0.0833.